The molecule has 0 saturated carbocycles. The second kappa shape index (κ2) is 9.73. The van der Waals surface area contributed by atoms with E-state index in [4.69, 9.17) is 6.11 Å². The number of alkyl halides is 2. The molecule has 0 spiro atoms. The number of hydrogen-bond acceptors (Lipinski definition) is 9. The number of pyridine rings is 1. The van der Waals surface area contributed by atoms with Crippen molar-refractivity contribution in [3.05, 3.63) is 23.2 Å². The lowest BCUT2D eigenvalue weighted by atomic mass is 10.0. The first kappa shape index (κ1) is 25.5. The third kappa shape index (κ3) is 4.74. The van der Waals surface area contributed by atoms with Crippen LogP contribution in [0.1, 0.15) is 33.6 Å². The van der Waals surface area contributed by atoms with Crippen molar-refractivity contribution in [2.75, 3.05) is 44.3 Å². The average Bonchev–Trinajstić information content (AvgIpc) is 3.47. The molecule has 2 fully saturated rings. The quantitative estimate of drug-likeness (QED) is 0.456. The molecule has 0 bridgehead atoms. The van der Waals surface area contributed by atoms with Gasteiger partial charge in [0.25, 0.3) is 6.43 Å². The van der Waals surface area contributed by atoms with Gasteiger partial charge in [0.1, 0.15) is 10.6 Å². The molecule has 11 nitrogen and oxygen atoms in total. The van der Waals surface area contributed by atoms with Crippen LogP contribution in [0, 0.1) is 11.7 Å². The summed E-state index contributed by atoms with van der Waals surface area (Å²) in [7, 11) is -4.45. The zero-order valence-corrected chi connectivity index (χ0v) is 22.4. The van der Waals surface area contributed by atoms with Crippen molar-refractivity contribution in [3.8, 4) is 10.8 Å². The molecule has 5 heterocycles. The van der Waals surface area contributed by atoms with Crippen LogP contribution in [0.4, 0.5) is 18.9 Å². The maximum Gasteiger partial charge on any atom is 0.291 e. The van der Waals surface area contributed by atoms with Gasteiger partial charge in [-0.2, -0.15) is 0 Å². The summed E-state index contributed by atoms with van der Waals surface area (Å²) in [6, 6.07) is 0. The van der Waals surface area contributed by atoms with Gasteiger partial charge in [-0.15, -0.1) is 10.2 Å². The summed E-state index contributed by atoms with van der Waals surface area (Å²) in [5.41, 5.74) is -1.18. The normalized spacial score (nSPS) is 18.4. The zero-order valence-electron chi connectivity index (χ0n) is 21.7. The van der Waals surface area contributed by atoms with Gasteiger partial charge < -0.3 is 14.5 Å². The molecule has 0 atom stereocenters. The minimum atomic E-state index is -4.45. The number of ether oxygens (including phenoxy) is 1. The van der Waals surface area contributed by atoms with Crippen molar-refractivity contribution in [2.24, 2.45) is 5.92 Å². The van der Waals surface area contributed by atoms with E-state index >= 15 is 4.39 Å². The Balaban J connectivity index is 1.66. The second-order valence-corrected chi connectivity index (χ2v) is 12.5. The zero-order chi connectivity index (χ0) is 28.3. The number of nitrogens with one attached hydrogen (secondary N) is 1. The topological polar surface area (TPSA) is 122 Å². The van der Waals surface area contributed by atoms with Gasteiger partial charge in [0.15, 0.2) is 21.7 Å². The minimum Gasteiger partial charge on any atom is -0.377 e. The molecule has 0 aromatic carbocycles. The van der Waals surface area contributed by atoms with Gasteiger partial charge in [-0.25, -0.2) is 31.3 Å². The van der Waals surface area contributed by atoms with Crippen LogP contribution in [0.25, 0.3) is 16.3 Å². The number of hydrogen-bond donors (Lipinski definition) is 1. The molecule has 3 aromatic heterocycles. The molecular formula is C22H26F3N7O4S2. The molecule has 2 aliphatic heterocycles. The molecule has 1 N–H and O–H groups in total. The molecule has 0 aliphatic carbocycles. The fraction of sp³-hybridized carbons (Fsp3) is 0.545. The first-order chi connectivity index (χ1) is 18.3. The van der Waals surface area contributed by atoms with Crippen molar-refractivity contribution in [3.63, 3.8) is 0 Å². The maximum absolute atomic E-state index is 16.2. The molecule has 2 aliphatic rings. The summed E-state index contributed by atoms with van der Waals surface area (Å²) >= 11 is 0.538. The molecular weight excluding hydrogens is 547 g/mol. The van der Waals surface area contributed by atoms with Gasteiger partial charge >= 0.3 is 0 Å². The van der Waals surface area contributed by atoms with Crippen molar-refractivity contribution in [1.82, 2.24) is 29.2 Å². The van der Waals surface area contributed by atoms with E-state index in [9.17, 15) is 22.0 Å². The summed E-state index contributed by atoms with van der Waals surface area (Å²) in [4.78, 5) is 19.1. The van der Waals surface area contributed by atoms with E-state index in [0.29, 0.717) is 11.3 Å². The Labute approximate surface area is 222 Å². The van der Waals surface area contributed by atoms with Crippen LogP contribution in [-0.4, -0.2) is 83.7 Å². The van der Waals surface area contributed by atoms with Crippen molar-refractivity contribution >= 4 is 38.5 Å². The molecule has 206 valence electrons. The highest BCUT2D eigenvalue weighted by Crippen LogP contribution is 2.36. The Morgan fingerprint density at radius 1 is 1.24 bits per heavy atom. The highest BCUT2D eigenvalue weighted by molar-refractivity contribution is 7.89. The largest absolute Gasteiger partial charge is 0.377 e. The Bertz CT molecular complexity index is 1530. The summed E-state index contributed by atoms with van der Waals surface area (Å²) in [6.45, 7) is 6.23. The Hall–Kier alpha value is -2.82. The fourth-order valence-corrected chi connectivity index (χ4v) is 6.55. The van der Waals surface area contributed by atoms with Crippen LogP contribution in [-0.2, 0) is 19.6 Å². The third-order valence-corrected chi connectivity index (χ3v) is 8.92. The van der Waals surface area contributed by atoms with Gasteiger partial charge in [0.05, 0.1) is 31.8 Å². The Kier molecular flexibility index (Phi) is 6.52. The highest BCUT2D eigenvalue weighted by atomic mass is 32.2. The second-order valence-electron chi connectivity index (χ2n) is 9.79. The first-order valence-electron chi connectivity index (χ1n) is 12.3. The number of carbonyl (C=O) groups excluding carboxylic acids is 1. The summed E-state index contributed by atoms with van der Waals surface area (Å²) in [5, 5.41) is 6.54. The van der Waals surface area contributed by atoms with E-state index < -0.39 is 43.9 Å². The first-order valence-corrected chi connectivity index (χ1v) is 14.1. The number of carbonyl (C=O) groups is 1. The van der Waals surface area contributed by atoms with Gasteiger partial charge in [-0.05, 0) is 6.92 Å². The number of rotatable bonds is 7. The van der Waals surface area contributed by atoms with Crippen molar-refractivity contribution in [2.45, 2.75) is 37.6 Å². The van der Waals surface area contributed by atoms with E-state index in [1.807, 2.05) is 0 Å². The summed E-state index contributed by atoms with van der Waals surface area (Å²) < 4.78 is 86.7. The Morgan fingerprint density at radius 3 is 2.47 bits per heavy atom. The molecule has 5 rings (SSSR count). The predicted molar refractivity (Wildman–Crippen MR) is 132 cm³/mol. The average molecular weight is 575 g/mol. The monoisotopic (exact) mass is 574 g/mol. The number of amides is 1. The van der Waals surface area contributed by atoms with E-state index in [0.717, 1.165) is 6.20 Å². The number of sulfonamides is 1. The molecule has 0 radical (unpaired) electrons. The van der Waals surface area contributed by atoms with Crippen LogP contribution in [0.5, 0.6) is 0 Å². The predicted octanol–water partition coefficient (Wildman–Crippen LogP) is 2.30. The van der Waals surface area contributed by atoms with Crippen LogP contribution in [0.15, 0.2) is 17.3 Å². The third-order valence-electron chi connectivity index (χ3n) is 6.36. The number of halogens is 3. The van der Waals surface area contributed by atoms with E-state index in [-0.39, 0.29) is 73.3 Å². The number of anilines is 1. The lowest BCUT2D eigenvalue weighted by Crippen LogP contribution is -2.59. The summed E-state index contributed by atoms with van der Waals surface area (Å²) in [5.74, 6) is -1.49. The molecule has 16 heteroatoms. The molecule has 0 unspecified atom stereocenters. The number of piperazine rings is 1. The highest BCUT2D eigenvalue weighted by Gasteiger charge is 2.40. The van der Waals surface area contributed by atoms with Crippen LogP contribution in [0.3, 0.4) is 0 Å². The number of imidazole rings is 1. The summed E-state index contributed by atoms with van der Waals surface area (Å²) in [6.07, 6.45) is -2.31. The fourth-order valence-electron chi connectivity index (χ4n) is 4.41. The van der Waals surface area contributed by atoms with Gasteiger partial charge in [0, 0.05) is 38.3 Å². The maximum atomic E-state index is 16.2. The van der Waals surface area contributed by atoms with Crippen LogP contribution >= 0.6 is 11.3 Å². The number of fused-ring (bicyclic) bond motifs is 1. The number of aromatic nitrogens is 4. The van der Waals surface area contributed by atoms with E-state index in [2.05, 4.69) is 19.9 Å². The molecule has 2 saturated heterocycles. The van der Waals surface area contributed by atoms with E-state index in [1.54, 1.807) is 30.6 Å². The lowest BCUT2D eigenvalue weighted by molar-refractivity contribution is -0.134. The number of nitrogens with zero attached hydrogens (tertiary/aromatic N) is 6. The lowest BCUT2D eigenvalue weighted by Gasteiger charge is -2.39. The molecule has 1 amide bonds. The van der Waals surface area contributed by atoms with Gasteiger partial charge in [-0.1, -0.05) is 25.2 Å². The molecule has 3 aromatic rings. The SMILES string of the molecule is [2H]c1nc(-c2nnc(C(F)F)s2)n2cc(S(=O)(=O)NC3(C)COC3)c(F)c(N3CCN(C(=O)C(C)C)CC3)c12. The van der Waals surface area contributed by atoms with Crippen molar-refractivity contribution < 1.29 is 32.5 Å². The standard InChI is InChI=1S/C22H26F3N7O4S2/c1-12(2)21(33)31-6-4-30(5-7-31)16-13-8-26-18(20-28-27-19(37-20)17(24)25)32(13)9-14(15(16)23)38(34,35)29-22(3)10-36-11-22/h8-9,12,17,29H,4-7,10-11H2,1-3H3/i8D. The van der Waals surface area contributed by atoms with E-state index in [1.165, 1.54) is 4.40 Å². The Morgan fingerprint density at radius 2 is 1.92 bits per heavy atom. The minimum absolute atomic E-state index is 0.0583. The van der Waals surface area contributed by atoms with Gasteiger partial charge in [0.2, 0.25) is 15.9 Å². The van der Waals surface area contributed by atoms with Crippen LogP contribution < -0.4 is 9.62 Å². The smallest absolute Gasteiger partial charge is 0.291 e. The molecule has 38 heavy (non-hydrogen) atoms. The van der Waals surface area contributed by atoms with Crippen molar-refractivity contribution in [1.29, 1.82) is 0 Å². The van der Waals surface area contributed by atoms with Gasteiger partial charge in [-0.3, -0.25) is 9.20 Å². The van der Waals surface area contributed by atoms with Crippen LogP contribution in [0.2, 0.25) is 0 Å².